The van der Waals surface area contributed by atoms with E-state index in [1.54, 1.807) is 19.1 Å². The molecule has 2 aliphatic rings. The van der Waals surface area contributed by atoms with Gasteiger partial charge >= 0.3 is 12.0 Å². The second-order valence-corrected chi connectivity index (χ2v) is 6.95. The number of anilines is 1. The number of phenols is 1. The molecule has 8 heteroatoms. The van der Waals surface area contributed by atoms with Crippen molar-refractivity contribution in [1.82, 2.24) is 15.5 Å². The van der Waals surface area contributed by atoms with E-state index in [9.17, 15) is 14.7 Å². The normalized spacial score (nSPS) is 20.6. The number of rotatable bonds is 6. The van der Waals surface area contributed by atoms with E-state index in [0.29, 0.717) is 30.8 Å². The van der Waals surface area contributed by atoms with Gasteiger partial charge in [0, 0.05) is 44.1 Å². The summed E-state index contributed by atoms with van der Waals surface area (Å²) in [6.07, 6.45) is 0.625. The Morgan fingerprint density at radius 3 is 2.46 bits per heavy atom. The number of urea groups is 1. The maximum atomic E-state index is 12.5. The average Bonchev–Trinajstić information content (AvgIpc) is 2.69. The summed E-state index contributed by atoms with van der Waals surface area (Å²) in [6.45, 7) is 7.78. The van der Waals surface area contributed by atoms with Crippen molar-refractivity contribution < 1.29 is 19.4 Å². The molecule has 0 bridgehead atoms. The number of ether oxygens (including phenoxy) is 1. The second kappa shape index (κ2) is 8.97. The van der Waals surface area contributed by atoms with Crippen LogP contribution in [-0.4, -0.2) is 67.4 Å². The van der Waals surface area contributed by atoms with Crippen molar-refractivity contribution in [3.8, 4) is 5.75 Å². The van der Waals surface area contributed by atoms with Crippen molar-refractivity contribution in [2.24, 2.45) is 0 Å². The Morgan fingerprint density at radius 1 is 1.18 bits per heavy atom. The fourth-order valence-corrected chi connectivity index (χ4v) is 3.64. The quantitative estimate of drug-likeness (QED) is 0.638. The average molecular weight is 388 g/mol. The summed E-state index contributed by atoms with van der Waals surface area (Å²) < 4.78 is 5.22. The van der Waals surface area contributed by atoms with Crippen molar-refractivity contribution >= 4 is 17.7 Å². The lowest BCUT2D eigenvalue weighted by molar-refractivity contribution is -0.139. The van der Waals surface area contributed by atoms with Gasteiger partial charge in [-0.2, -0.15) is 0 Å². The van der Waals surface area contributed by atoms with Gasteiger partial charge in [-0.1, -0.05) is 6.92 Å². The minimum Gasteiger partial charge on any atom is -0.508 e. The van der Waals surface area contributed by atoms with Crippen LogP contribution < -0.4 is 15.5 Å². The highest BCUT2D eigenvalue weighted by Gasteiger charge is 2.32. The first-order valence-electron chi connectivity index (χ1n) is 9.75. The van der Waals surface area contributed by atoms with Gasteiger partial charge in [0.2, 0.25) is 0 Å². The third-order valence-corrected chi connectivity index (χ3v) is 5.12. The first-order chi connectivity index (χ1) is 13.5. The van der Waals surface area contributed by atoms with E-state index < -0.39 is 0 Å². The van der Waals surface area contributed by atoms with E-state index >= 15 is 0 Å². The molecule has 0 saturated carbocycles. The van der Waals surface area contributed by atoms with Gasteiger partial charge in [-0.25, -0.2) is 9.59 Å². The molecule has 3 rings (SSSR count). The van der Waals surface area contributed by atoms with Crippen LogP contribution in [0.2, 0.25) is 0 Å². The van der Waals surface area contributed by atoms with Crippen LogP contribution in [0.25, 0.3) is 0 Å². The van der Waals surface area contributed by atoms with Gasteiger partial charge in [-0.3, -0.25) is 4.90 Å². The molecule has 2 amide bonds. The molecule has 0 spiro atoms. The van der Waals surface area contributed by atoms with Crippen LogP contribution in [0.5, 0.6) is 5.75 Å². The molecule has 152 valence electrons. The summed E-state index contributed by atoms with van der Waals surface area (Å²) in [4.78, 5) is 29.0. The summed E-state index contributed by atoms with van der Waals surface area (Å²) in [6, 6.07) is 6.58. The molecule has 1 atom stereocenters. The zero-order chi connectivity index (χ0) is 20.1. The van der Waals surface area contributed by atoms with Gasteiger partial charge in [0.05, 0.1) is 18.2 Å². The number of esters is 1. The van der Waals surface area contributed by atoms with Gasteiger partial charge in [0.25, 0.3) is 0 Å². The monoisotopic (exact) mass is 388 g/mol. The summed E-state index contributed by atoms with van der Waals surface area (Å²) in [5.74, 6) is -0.118. The van der Waals surface area contributed by atoms with E-state index in [0.717, 1.165) is 31.9 Å². The number of hydrogen-bond donors (Lipinski definition) is 3. The highest BCUT2D eigenvalue weighted by Crippen LogP contribution is 2.21. The number of carbonyl (C=O) groups is 2. The van der Waals surface area contributed by atoms with Crippen LogP contribution >= 0.6 is 0 Å². The Bertz CT molecular complexity index is 739. The summed E-state index contributed by atoms with van der Waals surface area (Å²) in [5.41, 5.74) is 2.22. The number of nitrogens with zero attached hydrogens (tertiary/aromatic N) is 2. The predicted octanol–water partition coefficient (Wildman–Crippen LogP) is 1.42. The smallest absolute Gasteiger partial charge is 0.337 e. The van der Waals surface area contributed by atoms with Gasteiger partial charge in [-0.05, 0) is 37.6 Å². The Labute approximate surface area is 165 Å². The number of phenolic OH excluding ortho intramolecular Hbond substituents is 1. The number of hydrogen-bond acceptors (Lipinski definition) is 6. The Hall–Kier alpha value is -2.74. The Morgan fingerprint density at radius 2 is 1.86 bits per heavy atom. The first-order valence-corrected chi connectivity index (χ1v) is 9.75. The van der Waals surface area contributed by atoms with Crippen LogP contribution in [0.1, 0.15) is 20.3 Å². The number of carbonyl (C=O) groups excluding carboxylic acids is 2. The minimum absolute atomic E-state index is 0.257. The first kappa shape index (κ1) is 20.0. The maximum absolute atomic E-state index is 12.5. The van der Waals surface area contributed by atoms with Crippen molar-refractivity contribution in [2.75, 3.05) is 44.2 Å². The maximum Gasteiger partial charge on any atom is 0.337 e. The fraction of sp³-hybridized carbons (Fsp3) is 0.500. The van der Waals surface area contributed by atoms with Crippen LogP contribution in [-0.2, 0) is 9.53 Å². The summed E-state index contributed by atoms with van der Waals surface area (Å²) >= 11 is 0. The molecule has 2 aliphatic heterocycles. The molecule has 8 nitrogen and oxygen atoms in total. The molecular weight excluding hydrogens is 360 g/mol. The van der Waals surface area contributed by atoms with E-state index in [1.807, 2.05) is 19.1 Å². The minimum atomic E-state index is -0.375. The lowest BCUT2D eigenvalue weighted by atomic mass is 10.00. The van der Waals surface area contributed by atoms with Gasteiger partial charge in [0.15, 0.2) is 0 Å². The van der Waals surface area contributed by atoms with Gasteiger partial charge < -0.3 is 25.4 Å². The predicted molar refractivity (Wildman–Crippen MR) is 106 cm³/mol. The van der Waals surface area contributed by atoms with E-state index in [4.69, 9.17) is 4.74 Å². The van der Waals surface area contributed by atoms with Crippen LogP contribution in [0.3, 0.4) is 0 Å². The third-order valence-electron chi connectivity index (χ3n) is 5.12. The van der Waals surface area contributed by atoms with Crippen LogP contribution in [0, 0.1) is 0 Å². The molecule has 28 heavy (non-hydrogen) atoms. The molecule has 2 heterocycles. The van der Waals surface area contributed by atoms with Crippen molar-refractivity contribution in [3.63, 3.8) is 0 Å². The third kappa shape index (κ3) is 4.56. The van der Waals surface area contributed by atoms with Crippen molar-refractivity contribution in [3.05, 3.63) is 35.5 Å². The molecule has 0 aromatic heterocycles. The number of piperazine rings is 1. The highest BCUT2D eigenvalue weighted by atomic mass is 16.5. The largest absolute Gasteiger partial charge is 0.508 e. The van der Waals surface area contributed by atoms with Gasteiger partial charge in [0.1, 0.15) is 5.75 Å². The Balaban J connectivity index is 1.69. The van der Waals surface area contributed by atoms with E-state index in [1.165, 1.54) is 0 Å². The van der Waals surface area contributed by atoms with E-state index in [2.05, 4.69) is 20.4 Å². The second-order valence-electron chi connectivity index (χ2n) is 6.95. The number of aromatic hydroxyl groups is 1. The number of benzene rings is 1. The molecular formula is C20H28N4O4. The summed E-state index contributed by atoms with van der Waals surface area (Å²) in [5, 5.41) is 15.1. The molecule has 0 aliphatic carbocycles. The molecule has 1 fully saturated rings. The fourth-order valence-electron chi connectivity index (χ4n) is 3.64. The lowest BCUT2D eigenvalue weighted by Gasteiger charge is -2.37. The molecule has 3 N–H and O–H groups in total. The topological polar surface area (TPSA) is 94.1 Å². The summed E-state index contributed by atoms with van der Waals surface area (Å²) in [7, 11) is 0. The Kier molecular flexibility index (Phi) is 6.41. The number of amides is 2. The molecule has 1 saturated heterocycles. The zero-order valence-corrected chi connectivity index (χ0v) is 16.4. The van der Waals surface area contributed by atoms with Gasteiger partial charge in [-0.15, -0.1) is 0 Å². The van der Waals surface area contributed by atoms with E-state index in [-0.39, 0.29) is 23.8 Å². The molecule has 0 unspecified atom stereocenters. The van der Waals surface area contributed by atoms with Crippen LogP contribution in [0.15, 0.2) is 35.5 Å². The SMILES string of the molecule is CCOC(=O)C1=C(CN2CCN(c3ccc(O)cc3)CC2)NC(=O)N[C@H]1CC. The van der Waals surface area contributed by atoms with Crippen molar-refractivity contribution in [1.29, 1.82) is 0 Å². The van der Waals surface area contributed by atoms with Crippen LogP contribution in [0.4, 0.5) is 10.5 Å². The van der Waals surface area contributed by atoms with Crippen molar-refractivity contribution in [2.45, 2.75) is 26.3 Å². The molecule has 1 aromatic rings. The lowest BCUT2D eigenvalue weighted by Crippen LogP contribution is -2.54. The molecule has 1 aromatic carbocycles. The standard InChI is InChI=1S/C20H28N4O4/c1-3-16-18(19(26)28-4-2)17(22-20(27)21-16)13-23-9-11-24(12-10-23)14-5-7-15(25)8-6-14/h5-8,16,25H,3-4,9-13H2,1-2H3,(H2,21,22,27)/t16-/m0/s1. The highest BCUT2D eigenvalue weighted by molar-refractivity contribution is 5.94. The molecule has 0 radical (unpaired) electrons. The zero-order valence-electron chi connectivity index (χ0n) is 16.4. The number of nitrogens with one attached hydrogen (secondary N) is 2.